The molecule has 1 fully saturated rings. The summed E-state index contributed by atoms with van der Waals surface area (Å²) in [6.45, 7) is 3.76. The molecule has 0 aliphatic carbocycles. The Labute approximate surface area is 209 Å². The zero-order valence-electron chi connectivity index (χ0n) is 19.2. The molecule has 2 aromatic carbocycles. The fourth-order valence-electron chi connectivity index (χ4n) is 3.73. The van der Waals surface area contributed by atoms with Gasteiger partial charge in [-0.3, -0.25) is 19.8 Å². The molecule has 12 heteroatoms. The van der Waals surface area contributed by atoms with Gasteiger partial charge in [0.05, 0.1) is 19.3 Å². The lowest BCUT2D eigenvalue weighted by Gasteiger charge is -2.31. The summed E-state index contributed by atoms with van der Waals surface area (Å²) in [5.41, 5.74) is 0.856. The molecule has 2 heterocycles. The second kappa shape index (κ2) is 11.1. The summed E-state index contributed by atoms with van der Waals surface area (Å²) in [4.78, 5) is 27.6. The van der Waals surface area contributed by atoms with Crippen LogP contribution in [0.2, 0.25) is 0 Å². The van der Waals surface area contributed by atoms with Crippen LogP contribution in [0.5, 0.6) is 5.75 Å². The Morgan fingerprint density at radius 2 is 1.86 bits per heavy atom. The minimum absolute atomic E-state index is 0.0349. The molecule has 1 N–H and O–H groups in total. The first-order valence-electron chi connectivity index (χ1n) is 11.1. The van der Waals surface area contributed by atoms with Gasteiger partial charge in [0, 0.05) is 36.2 Å². The van der Waals surface area contributed by atoms with E-state index in [1.165, 1.54) is 12.1 Å². The van der Waals surface area contributed by atoms with Crippen molar-refractivity contribution in [3.63, 3.8) is 0 Å². The number of morpholine rings is 1. The number of rotatable bonds is 8. The first-order valence-corrected chi connectivity index (χ1v) is 11.9. The highest BCUT2D eigenvalue weighted by molar-refractivity contribution is 7.18. The number of aromatic nitrogens is 2. The topological polar surface area (TPSA) is 93.7 Å². The first kappa shape index (κ1) is 25.7. The van der Waals surface area contributed by atoms with Crippen LogP contribution in [0, 0.1) is 0 Å². The molecule has 3 aromatic rings. The van der Waals surface area contributed by atoms with Crippen LogP contribution in [0.1, 0.15) is 22.8 Å². The Bertz CT molecular complexity index is 1210. The molecule has 0 bridgehead atoms. The van der Waals surface area contributed by atoms with Gasteiger partial charge in [-0.2, -0.15) is 0 Å². The number of hydrogen-bond donors (Lipinski definition) is 1. The Hall–Kier alpha value is -3.35. The molecule has 1 amide bonds. The van der Waals surface area contributed by atoms with E-state index >= 15 is 0 Å². The zero-order chi connectivity index (χ0) is 25.7. The van der Waals surface area contributed by atoms with Crippen molar-refractivity contribution >= 4 is 28.2 Å². The third-order valence-corrected chi connectivity index (χ3v) is 6.53. The molecule has 1 atom stereocenters. The van der Waals surface area contributed by atoms with Gasteiger partial charge in [-0.1, -0.05) is 41.7 Å². The molecule has 4 rings (SSSR count). The number of alkyl halides is 3. The second-order valence-electron chi connectivity index (χ2n) is 8.07. The van der Waals surface area contributed by atoms with Crippen LogP contribution >= 0.6 is 11.3 Å². The van der Waals surface area contributed by atoms with E-state index in [0.29, 0.717) is 31.3 Å². The molecule has 0 radical (unpaired) electrons. The van der Waals surface area contributed by atoms with Gasteiger partial charge in [0.25, 0.3) is 5.91 Å². The summed E-state index contributed by atoms with van der Waals surface area (Å²) in [5, 5.41) is 11.5. The minimum Gasteiger partial charge on any atom is -0.405 e. The van der Waals surface area contributed by atoms with Gasteiger partial charge < -0.3 is 9.47 Å². The van der Waals surface area contributed by atoms with Gasteiger partial charge in [-0.25, -0.2) is 0 Å². The third-order valence-electron chi connectivity index (χ3n) is 5.64. The normalized spacial score (nSPS) is 15.3. The molecule has 1 unspecified atom stereocenters. The smallest absolute Gasteiger partial charge is 0.405 e. The fourth-order valence-corrected chi connectivity index (χ4v) is 4.47. The predicted molar refractivity (Wildman–Crippen MR) is 127 cm³/mol. The van der Waals surface area contributed by atoms with Crippen molar-refractivity contribution in [2.45, 2.75) is 25.7 Å². The molecule has 1 saturated heterocycles. The highest BCUT2D eigenvalue weighted by atomic mass is 32.1. The monoisotopic (exact) mass is 520 g/mol. The number of carbonyl (C=O) groups is 2. The molecular formula is C24H23F3N4O4S. The van der Waals surface area contributed by atoms with Gasteiger partial charge >= 0.3 is 6.36 Å². The Morgan fingerprint density at radius 1 is 1.14 bits per heavy atom. The van der Waals surface area contributed by atoms with Crippen LogP contribution in [-0.4, -0.2) is 65.5 Å². The van der Waals surface area contributed by atoms with Crippen LogP contribution in [0.15, 0.2) is 48.5 Å². The van der Waals surface area contributed by atoms with Crippen LogP contribution in [0.4, 0.5) is 18.3 Å². The van der Waals surface area contributed by atoms with Crippen molar-refractivity contribution in [3.05, 3.63) is 59.7 Å². The summed E-state index contributed by atoms with van der Waals surface area (Å²) < 4.78 is 48.3. The largest absolute Gasteiger partial charge is 0.573 e. The van der Waals surface area contributed by atoms with Crippen molar-refractivity contribution in [2.75, 3.05) is 31.6 Å². The van der Waals surface area contributed by atoms with E-state index in [1.807, 2.05) is 35.2 Å². The number of amides is 1. The maximum Gasteiger partial charge on any atom is 0.573 e. The minimum atomic E-state index is -4.95. The van der Waals surface area contributed by atoms with E-state index in [0.717, 1.165) is 23.0 Å². The summed E-state index contributed by atoms with van der Waals surface area (Å²) >= 11 is 1.16. The average Bonchev–Trinajstić information content (AvgIpc) is 3.33. The second-order valence-corrected chi connectivity index (χ2v) is 9.05. The van der Waals surface area contributed by atoms with Gasteiger partial charge in [0.1, 0.15) is 10.8 Å². The molecular weight excluding hydrogens is 497 g/mol. The number of benzene rings is 2. The predicted octanol–water partition coefficient (Wildman–Crippen LogP) is 4.19. The quantitative estimate of drug-likeness (QED) is 0.476. The van der Waals surface area contributed by atoms with Gasteiger partial charge in [-0.05, 0) is 25.1 Å². The zero-order valence-corrected chi connectivity index (χ0v) is 20.1. The average molecular weight is 521 g/mol. The lowest BCUT2D eigenvalue weighted by Crippen LogP contribution is -2.46. The van der Waals surface area contributed by atoms with Crippen LogP contribution < -0.4 is 10.1 Å². The highest BCUT2D eigenvalue weighted by Crippen LogP contribution is 2.30. The van der Waals surface area contributed by atoms with E-state index in [-0.39, 0.29) is 28.5 Å². The summed E-state index contributed by atoms with van der Waals surface area (Å²) in [7, 11) is 0. The molecule has 1 aromatic heterocycles. The van der Waals surface area contributed by atoms with Crippen molar-refractivity contribution in [1.82, 2.24) is 15.1 Å². The molecule has 1 aliphatic heterocycles. The molecule has 8 nitrogen and oxygen atoms in total. The number of ether oxygens (including phenoxy) is 2. The molecule has 1 aliphatic rings. The summed E-state index contributed by atoms with van der Waals surface area (Å²) in [6, 6.07) is 12.2. The van der Waals surface area contributed by atoms with Gasteiger partial charge in [-0.15, -0.1) is 23.4 Å². The molecule has 190 valence electrons. The third kappa shape index (κ3) is 6.65. The van der Waals surface area contributed by atoms with Gasteiger partial charge in [0.2, 0.25) is 5.13 Å². The van der Waals surface area contributed by atoms with Crippen molar-refractivity contribution in [3.8, 4) is 16.3 Å². The summed E-state index contributed by atoms with van der Waals surface area (Å²) in [5.74, 6) is -1.42. The maximum absolute atomic E-state index is 13.0. The van der Waals surface area contributed by atoms with E-state index < -0.39 is 24.1 Å². The number of carbonyl (C=O) groups excluding carboxylic acids is 2. The van der Waals surface area contributed by atoms with Crippen molar-refractivity contribution in [2.24, 2.45) is 0 Å². The molecule has 36 heavy (non-hydrogen) atoms. The van der Waals surface area contributed by atoms with Crippen LogP contribution in [0.3, 0.4) is 0 Å². The first-order chi connectivity index (χ1) is 17.2. The molecule has 0 spiro atoms. The Morgan fingerprint density at radius 3 is 2.56 bits per heavy atom. The SMILES string of the molecule is CC(C(=O)Cc1cc(C(=O)Nc2nnc(-c3ccccc3)s2)ccc1OC(F)(F)F)N1CCOCC1. The van der Waals surface area contributed by atoms with E-state index in [2.05, 4.69) is 20.3 Å². The number of nitrogens with zero attached hydrogens (tertiary/aromatic N) is 3. The fraction of sp³-hybridized carbons (Fsp3) is 0.333. The lowest BCUT2D eigenvalue weighted by atomic mass is 10.00. The number of Topliss-reactive ketones (excluding diaryl/α,β-unsaturated/α-hetero) is 1. The number of halogens is 3. The summed E-state index contributed by atoms with van der Waals surface area (Å²) in [6.07, 6.45) is -5.28. The number of nitrogens with one attached hydrogen (secondary N) is 1. The number of anilines is 1. The molecule has 0 saturated carbocycles. The van der Waals surface area contributed by atoms with E-state index in [4.69, 9.17) is 4.74 Å². The highest BCUT2D eigenvalue weighted by Gasteiger charge is 2.33. The van der Waals surface area contributed by atoms with E-state index in [1.54, 1.807) is 6.92 Å². The Kier molecular flexibility index (Phi) is 7.97. The van der Waals surface area contributed by atoms with Crippen molar-refractivity contribution < 1.29 is 32.2 Å². The number of hydrogen-bond acceptors (Lipinski definition) is 8. The van der Waals surface area contributed by atoms with E-state index in [9.17, 15) is 22.8 Å². The van der Waals surface area contributed by atoms with Crippen molar-refractivity contribution in [1.29, 1.82) is 0 Å². The maximum atomic E-state index is 13.0. The Balaban J connectivity index is 1.52. The van der Waals surface area contributed by atoms with Crippen LogP contribution in [0.25, 0.3) is 10.6 Å². The lowest BCUT2D eigenvalue weighted by molar-refractivity contribution is -0.274. The van der Waals surface area contributed by atoms with Crippen LogP contribution in [-0.2, 0) is 16.0 Å². The standard InChI is InChI=1S/C24H23F3N4O4S/c1-15(31-9-11-34-12-10-31)19(32)14-18-13-17(7-8-20(18)35-24(25,26)27)21(33)28-23-30-29-22(36-23)16-5-3-2-4-6-16/h2-8,13,15H,9-12,14H2,1H3,(H,28,30,33). The van der Waals surface area contributed by atoms with Gasteiger partial charge in [0.15, 0.2) is 5.78 Å². The number of ketones is 1.